The van der Waals surface area contributed by atoms with E-state index in [1.807, 2.05) is 27.7 Å². The van der Waals surface area contributed by atoms with Crippen molar-refractivity contribution in [1.82, 2.24) is 15.2 Å². The van der Waals surface area contributed by atoms with E-state index < -0.39 is 15.9 Å². The van der Waals surface area contributed by atoms with Crippen LogP contribution in [0.3, 0.4) is 0 Å². The normalized spacial score (nSPS) is 20.1. The van der Waals surface area contributed by atoms with E-state index in [9.17, 15) is 18.0 Å². The first-order valence-electron chi connectivity index (χ1n) is 9.82. The predicted molar refractivity (Wildman–Crippen MR) is 112 cm³/mol. The van der Waals surface area contributed by atoms with E-state index >= 15 is 0 Å². The van der Waals surface area contributed by atoms with E-state index in [1.165, 1.54) is 28.6 Å². The molecule has 1 aromatic rings. The van der Waals surface area contributed by atoms with Crippen molar-refractivity contribution < 1.29 is 18.0 Å². The molecule has 0 heterocycles. The maximum atomic E-state index is 12.6. The summed E-state index contributed by atoms with van der Waals surface area (Å²) in [5, 5.41) is 0. The van der Waals surface area contributed by atoms with Crippen molar-refractivity contribution in [3.63, 3.8) is 0 Å². The van der Waals surface area contributed by atoms with Crippen molar-refractivity contribution in [3.05, 3.63) is 41.5 Å². The van der Waals surface area contributed by atoms with Crippen molar-refractivity contribution in [3.8, 4) is 0 Å². The number of benzene rings is 1. The van der Waals surface area contributed by atoms with E-state index in [1.54, 1.807) is 13.8 Å². The molecule has 160 valence electrons. The van der Waals surface area contributed by atoms with Crippen LogP contribution in [-0.2, 0) is 14.8 Å². The van der Waals surface area contributed by atoms with E-state index in [0.29, 0.717) is 13.1 Å². The molecule has 0 unspecified atom stereocenters. The Bertz CT molecular complexity index is 914. The number of sulfonamides is 1. The lowest BCUT2D eigenvalue weighted by atomic mass is 10.1. The molecule has 2 amide bonds. The SMILES string of the molecule is CCN(CC)S(=O)(=O)c1cccc(C(=O)NNC(=O)[C@H]2[C@H](C=C(C)C)C2(C)C)c1. The predicted octanol–water partition coefficient (Wildman–Crippen LogP) is 2.72. The van der Waals surface area contributed by atoms with Gasteiger partial charge in [-0.3, -0.25) is 20.4 Å². The molecule has 8 heteroatoms. The average molecular weight is 422 g/mol. The van der Waals surface area contributed by atoms with E-state index in [4.69, 9.17) is 0 Å². The molecule has 0 saturated heterocycles. The lowest BCUT2D eigenvalue weighted by Crippen LogP contribution is -2.43. The fourth-order valence-corrected chi connectivity index (χ4v) is 5.13. The van der Waals surface area contributed by atoms with Gasteiger partial charge in [-0.1, -0.05) is 45.4 Å². The highest BCUT2D eigenvalue weighted by Gasteiger charge is 2.60. The Balaban J connectivity index is 2.07. The third-order valence-electron chi connectivity index (χ3n) is 5.44. The number of rotatable bonds is 7. The molecule has 0 bridgehead atoms. The van der Waals surface area contributed by atoms with Crippen molar-refractivity contribution >= 4 is 21.8 Å². The highest BCUT2D eigenvalue weighted by molar-refractivity contribution is 7.89. The van der Waals surface area contributed by atoms with Crippen LogP contribution in [0.2, 0.25) is 0 Å². The quantitative estimate of drug-likeness (QED) is 0.523. The number of hydrogen-bond donors (Lipinski definition) is 2. The molecule has 1 aliphatic carbocycles. The van der Waals surface area contributed by atoms with Crippen molar-refractivity contribution in [2.24, 2.45) is 17.3 Å². The van der Waals surface area contributed by atoms with Gasteiger partial charge in [0.05, 0.1) is 10.8 Å². The number of hydrazine groups is 1. The minimum absolute atomic E-state index is 0.0483. The molecular weight excluding hydrogens is 390 g/mol. The van der Waals surface area contributed by atoms with Gasteiger partial charge in [0, 0.05) is 18.7 Å². The molecular formula is C21H31N3O4S. The first-order valence-corrected chi connectivity index (χ1v) is 11.3. The summed E-state index contributed by atoms with van der Waals surface area (Å²) in [6.07, 6.45) is 2.08. The van der Waals surface area contributed by atoms with Gasteiger partial charge in [-0.05, 0) is 43.4 Å². The Labute approximate surface area is 173 Å². The number of carbonyl (C=O) groups is 2. The van der Waals surface area contributed by atoms with Gasteiger partial charge in [-0.25, -0.2) is 8.42 Å². The minimum atomic E-state index is -3.67. The van der Waals surface area contributed by atoms with Crippen molar-refractivity contribution in [2.75, 3.05) is 13.1 Å². The number of allylic oxidation sites excluding steroid dienone is 2. The highest BCUT2D eigenvalue weighted by Crippen LogP contribution is 2.59. The number of carbonyl (C=O) groups excluding carboxylic acids is 2. The molecule has 2 atom stereocenters. The molecule has 0 radical (unpaired) electrons. The van der Waals surface area contributed by atoms with Crippen molar-refractivity contribution in [2.45, 2.75) is 46.4 Å². The number of amides is 2. The van der Waals surface area contributed by atoms with Crippen LogP contribution in [0.1, 0.15) is 51.9 Å². The lowest BCUT2D eigenvalue weighted by Gasteiger charge is -2.18. The molecule has 29 heavy (non-hydrogen) atoms. The van der Waals surface area contributed by atoms with Gasteiger partial charge in [0.2, 0.25) is 15.9 Å². The second kappa shape index (κ2) is 8.67. The fraction of sp³-hybridized carbons (Fsp3) is 0.524. The van der Waals surface area contributed by atoms with E-state index in [2.05, 4.69) is 16.9 Å². The molecule has 1 fully saturated rings. The van der Waals surface area contributed by atoms with Crippen LogP contribution in [-0.4, -0.2) is 37.6 Å². The molecule has 2 N–H and O–H groups in total. The maximum Gasteiger partial charge on any atom is 0.269 e. The summed E-state index contributed by atoms with van der Waals surface area (Å²) >= 11 is 0. The largest absolute Gasteiger partial charge is 0.273 e. The zero-order chi connectivity index (χ0) is 22.0. The van der Waals surface area contributed by atoms with Gasteiger partial charge < -0.3 is 0 Å². The molecule has 1 aliphatic rings. The molecule has 0 spiro atoms. The number of nitrogens with one attached hydrogen (secondary N) is 2. The topological polar surface area (TPSA) is 95.6 Å². The third kappa shape index (κ3) is 4.87. The Kier molecular flexibility index (Phi) is 6.90. The van der Waals surface area contributed by atoms with Crippen LogP contribution < -0.4 is 10.9 Å². The van der Waals surface area contributed by atoms with Gasteiger partial charge >= 0.3 is 0 Å². The summed E-state index contributed by atoms with van der Waals surface area (Å²) in [6.45, 7) is 12.2. The Morgan fingerprint density at radius 2 is 1.76 bits per heavy atom. The Hall–Kier alpha value is -2.19. The lowest BCUT2D eigenvalue weighted by molar-refractivity contribution is -0.123. The first kappa shape index (κ1) is 23.1. The maximum absolute atomic E-state index is 12.6. The van der Waals surface area contributed by atoms with Crippen LogP contribution in [0.15, 0.2) is 40.8 Å². The average Bonchev–Trinajstić information content (AvgIpc) is 3.19. The van der Waals surface area contributed by atoms with E-state index in [0.717, 1.165) is 5.57 Å². The van der Waals surface area contributed by atoms with Gasteiger partial charge in [0.1, 0.15) is 0 Å². The number of hydrogen-bond acceptors (Lipinski definition) is 4. The van der Waals surface area contributed by atoms with Crippen LogP contribution in [0, 0.1) is 17.3 Å². The molecule has 0 aromatic heterocycles. The summed E-state index contributed by atoms with van der Waals surface area (Å²) in [4.78, 5) is 25.0. The van der Waals surface area contributed by atoms with Crippen LogP contribution in [0.4, 0.5) is 0 Å². The smallest absolute Gasteiger partial charge is 0.269 e. The monoisotopic (exact) mass is 421 g/mol. The second-order valence-corrected chi connectivity index (χ2v) is 10.1. The first-order chi connectivity index (χ1) is 13.5. The zero-order valence-corrected chi connectivity index (χ0v) is 18.8. The van der Waals surface area contributed by atoms with Gasteiger partial charge in [-0.15, -0.1) is 0 Å². The van der Waals surface area contributed by atoms with Gasteiger partial charge in [-0.2, -0.15) is 4.31 Å². The summed E-state index contributed by atoms with van der Waals surface area (Å²) in [7, 11) is -3.67. The fourth-order valence-electron chi connectivity index (χ4n) is 3.63. The minimum Gasteiger partial charge on any atom is -0.273 e. The summed E-state index contributed by atoms with van der Waals surface area (Å²) in [6, 6.07) is 5.81. The summed E-state index contributed by atoms with van der Waals surface area (Å²) in [5.74, 6) is -0.899. The Morgan fingerprint density at radius 1 is 1.14 bits per heavy atom. The van der Waals surface area contributed by atoms with E-state index in [-0.39, 0.29) is 33.6 Å². The second-order valence-electron chi connectivity index (χ2n) is 8.13. The van der Waals surface area contributed by atoms with Gasteiger partial charge in [0.15, 0.2) is 0 Å². The van der Waals surface area contributed by atoms with Crippen LogP contribution >= 0.6 is 0 Å². The molecule has 1 aromatic carbocycles. The van der Waals surface area contributed by atoms with Crippen molar-refractivity contribution in [1.29, 1.82) is 0 Å². The molecule has 1 saturated carbocycles. The van der Waals surface area contributed by atoms with Crippen LogP contribution in [0.25, 0.3) is 0 Å². The molecule has 7 nitrogen and oxygen atoms in total. The Morgan fingerprint density at radius 3 is 2.31 bits per heavy atom. The highest BCUT2D eigenvalue weighted by atomic mass is 32.2. The summed E-state index contributed by atoms with van der Waals surface area (Å²) in [5.41, 5.74) is 6.02. The summed E-state index contributed by atoms with van der Waals surface area (Å²) < 4.78 is 26.6. The number of nitrogens with zero attached hydrogens (tertiary/aromatic N) is 1. The molecule has 0 aliphatic heterocycles. The zero-order valence-electron chi connectivity index (χ0n) is 17.9. The van der Waals surface area contributed by atoms with Crippen LogP contribution in [0.5, 0.6) is 0 Å². The standard InChI is InChI=1S/C21H31N3O4S/c1-7-24(8-2)29(27,28)16-11-9-10-15(13-16)19(25)22-23-20(26)18-17(12-14(3)4)21(18,5)6/h9-13,17-18H,7-8H2,1-6H3,(H,22,25)(H,23,26)/t17-,18+/m0/s1. The molecule has 2 rings (SSSR count). The van der Waals surface area contributed by atoms with Gasteiger partial charge in [0.25, 0.3) is 5.91 Å². The third-order valence-corrected chi connectivity index (χ3v) is 7.49.